The van der Waals surface area contributed by atoms with Crippen molar-refractivity contribution in [1.29, 1.82) is 0 Å². The number of rotatable bonds is 0. The summed E-state index contributed by atoms with van der Waals surface area (Å²) in [6.45, 7) is 1.90. The number of hydrogen-bond acceptors (Lipinski definition) is 3. The second-order valence-corrected chi connectivity index (χ2v) is 4.73. The fraction of sp³-hybridized carbons (Fsp3) is 0.143. The van der Waals surface area contributed by atoms with E-state index in [0.717, 1.165) is 14.2 Å². The zero-order valence-electron chi connectivity index (χ0n) is 6.22. The molecule has 3 nitrogen and oxygen atoms in total. The summed E-state index contributed by atoms with van der Waals surface area (Å²) < 4.78 is 0.974. The number of aryl methyl sites for hydroxylation is 1. The summed E-state index contributed by atoms with van der Waals surface area (Å²) in [5.41, 5.74) is 0.892. The third-order valence-corrected chi connectivity index (χ3v) is 3.74. The van der Waals surface area contributed by atoms with Gasteiger partial charge in [-0.2, -0.15) is 0 Å². The molecule has 12 heavy (non-hydrogen) atoms. The van der Waals surface area contributed by atoms with Gasteiger partial charge in [-0.05, 0) is 28.4 Å². The van der Waals surface area contributed by atoms with Gasteiger partial charge in [0.05, 0.1) is 15.5 Å². The summed E-state index contributed by atoms with van der Waals surface area (Å²) in [6.07, 6.45) is 1.42. The maximum atomic E-state index is 11.3. The van der Waals surface area contributed by atoms with Crippen molar-refractivity contribution in [2.24, 2.45) is 0 Å². The summed E-state index contributed by atoms with van der Waals surface area (Å²) in [5, 5.41) is 0.689. The SMILES string of the molecule is Cc1c(Br)sc2nc[nH]c(=O)c12. The molecular formula is C7H5BrN2OS. The van der Waals surface area contributed by atoms with Gasteiger partial charge in [-0.1, -0.05) is 0 Å². The van der Waals surface area contributed by atoms with Crippen LogP contribution >= 0.6 is 27.3 Å². The third-order valence-electron chi connectivity index (χ3n) is 1.67. The first-order chi connectivity index (χ1) is 5.70. The first-order valence-electron chi connectivity index (χ1n) is 3.32. The van der Waals surface area contributed by atoms with Crippen LogP contribution in [0.2, 0.25) is 0 Å². The number of hydrogen-bond donors (Lipinski definition) is 1. The smallest absolute Gasteiger partial charge is 0.259 e. The lowest BCUT2D eigenvalue weighted by atomic mass is 10.3. The highest BCUT2D eigenvalue weighted by Crippen LogP contribution is 2.30. The van der Waals surface area contributed by atoms with Crippen molar-refractivity contribution >= 4 is 37.5 Å². The van der Waals surface area contributed by atoms with Crippen LogP contribution in [0.4, 0.5) is 0 Å². The molecule has 2 aromatic heterocycles. The highest BCUT2D eigenvalue weighted by atomic mass is 79.9. The minimum atomic E-state index is -0.0700. The number of aromatic amines is 1. The highest BCUT2D eigenvalue weighted by Gasteiger charge is 2.09. The van der Waals surface area contributed by atoms with E-state index >= 15 is 0 Å². The number of H-pyrrole nitrogens is 1. The Bertz CT molecular complexity index is 488. The highest BCUT2D eigenvalue weighted by molar-refractivity contribution is 9.11. The van der Waals surface area contributed by atoms with E-state index in [-0.39, 0.29) is 5.56 Å². The van der Waals surface area contributed by atoms with Gasteiger partial charge in [0.1, 0.15) is 4.83 Å². The van der Waals surface area contributed by atoms with Gasteiger partial charge in [-0.3, -0.25) is 4.79 Å². The average molecular weight is 245 g/mol. The van der Waals surface area contributed by atoms with E-state index in [0.29, 0.717) is 5.39 Å². The Morgan fingerprint density at radius 1 is 1.67 bits per heavy atom. The van der Waals surface area contributed by atoms with Crippen LogP contribution in [0, 0.1) is 6.92 Å². The van der Waals surface area contributed by atoms with Gasteiger partial charge in [-0.15, -0.1) is 11.3 Å². The molecule has 0 fully saturated rings. The number of nitrogens with zero attached hydrogens (tertiary/aromatic N) is 1. The maximum Gasteiger partial charge on any atom is 0.259 e. The summed E-state index contributed by atoms with van der Waals surface area (Å²) in [7, 11) is 0. The molecule has 0 aliphatic heterocycles. The molecule has 0 atom stereocenters. The van der Waals surface area contributed by atoms with Crippen molar-refractivity contribution in [2.45, 2.75) is 6.92 Å². The van der Waals surface area contributed by atoms with E-state index in [1.54, 1.807) is 0 Å². The van der Waals surface area contributed by atoms with Crippen molar-refractivity contribution in [3.05, 3.63) is 26.0 Å². The molecule has 0 amide bonds. The molecule has 0 bridgehead atoms. The van der Waals surface area contributed by atoms with Crippen LogP contribution in [0.3, 0.4) is 0 Å². The van der Waals surface area contributed by atoms with E-state index < -0.39 is 0 Å². The molecule has 5 heteroatoms. The Balaban J connectivity index is 3.07. The van der Waals surface area contributed by atoms with Gasteiger partial charge < -0.3 is 4.98 Å². The van der Waals surface area contributed by atoms with Crippen molar-refractivity contribution in [2.75, 3.05) is 0 Å². The molecule has 2 heterocycles. The van der Waals surface area contributed by atoms with Gasteiger partial charge in [0.15, 0.2) is 0 Å². The standard InChI is InChI=1S/C7H5BrN2OS/c1-3-4-6(11)9-2-10-7(4)12-5(3)8/h2H,1H3,(H,9,10,11). The average Bonchev–Trinajstić information content (AvgIpc) is 2.29. The summed E-state index contributed by atoms with van der Waals surface area (Å²) >= 11 is 4.85. The largest absolute Gasteiger partial charge is 0.313 e. The number of thiophene rings is 1. The zero-order valence-corrected chi connectivity index (χ0v) is 8.62. The van der Waals surface area contributed by atoms with E-state index in [1.165, 1.54) is 17.7 Å². The molecule has 0 saturated heterocycles. The molecule has 0 unspecified atom stereocenters. The number of nitrogens with one attached hydrogen (secondary N) is 1. The fourth-order valence-corrected chi connectivity index (χ4v) is 2.59. The fourth-order valence-electron chi connectivity index (χ4n) is 1.05. The van der Waals surface area contributed by atoms with Crippen molar-refractivity contribution < 1.29 is 0 Å². The molecule has 62 valence electrons. The van der Waals surface area contributed by atoms with E-state index in [4.69, 9.17) is 0 Å². The Morgan fingerprint density at radius 2 is 2.42 bits per heavy atom. The lowest BCUT2D eigenvalue weighted by molar-refractivity contribution is 1.18. The summed E-state index contributed by atoms with van der Waals surface area (Å²) in [6, 6.07) is 0. The molecule has 2 aromatic rings. The molecule has 0 aromatic carbocycles. The molecular weight excluding hydrogens is 240 g/mol. The molecule has 0 saturated carbocycles. The third kappa shape index (κ3) is 1.01. The first-order valence-corrected chi connectivity index (χ1v) is 4.93. The Morgan fingerprint density at radius 3 is 3.08 bits per heavy atom. The first kappa shape index (κ1) is 7.94. The van der Waals surface area contributed by atoms with Crippen LogP contribution in [0.5, 0.6) is 0 Å². The molecule has 0 aliphatic carbocycles. The molecule has 1 N–H and O–H groups in total. The van der Waals surface area contributed by atoms with Crippen LogP contribution in [0.15, 0.2) is 14.9 Å². The predicted octanol–water partition coefficient (Wildman–Crippen LogP) is 2.06. The maximum absolute atomic E-state index is 11.3. The number of aromatic nitrogens is 2. The lowest BCUT2D eigenvalue weighted by Crippen LogP contribution is -2.05. The van der Waals surface area contributed by atoms with Crippen molar-refractivity contribution in [3.63, 3.8) is 0 Å². The van der Waals surface area contributed by atoms with Crippen LogP contribution in [-0.4, -0.2) is 9.97 Å². The van der Waals surface area contributed by atoms with E-state index in [9.17, 15) is 4.79 Å². The van der Waals surface area contributed by atoms with Crippen LogP contribution < -0.4 is 5.56 Å². The van der Waals surface area contributed by atoms with E-state index in [2.05, 4.69) is 25.9 Å². The van der Waals surface area contributed by atoms with Crippen LogP contribution in [0.25, 0.3) is 10.2 Å². The van der Waals surface area contributed by atoms with Gasteiger partial charge >= 0.3 is 0 Å². The predicted molar refractivity (Wildman–Crippen MR) is 52.7 cm³/mol. The Kier molecular flexibility index (Phi) is 1.77. The second-order valence-electron chi connectivity index (χ2n) is 2.41. The van der Waals surface area contributed by atoms with Crippen molar-refractivity contribution in [1.82, 2.24) is 9.97 Å². The normalized spacial score (nSPS) is 10.8. The monoisotopic (exact) mass is 244 g/mol. The second kappa shape index (κ2) is 2.67. The summed E-state index contributed by atoms with van der Waals surface area (Å²) in [4.78, 5) is 18.7. The van der Waals surface area contributed by atoms with Crippen molar-refractivity contribution in [3.8, 4) is 0 Å². The van der Waals surface area contributed by atoms with Gasteiger partial charge in [0, 0.05) is 0 Å². The minimum absolute atomic E-state index is 0.0700. The van der Waals surface area contributed by atoms with E-state index in [1.807, 2.05) is 6.92 Å². The van der Waals surface area contributed by atoms with Crippen LogP contribution in [-0.2, 0) is 0 Å². The molecule has 2 rings (SSSR count). The minimum Gasteiger partial charge on any atom is -0.313 e. The topological polar surface area (TPSA) is 45.8 Å². The Hall–Kier alpha value is -0.680. The van der Waals surface area contributed by atoms with Gasteiger partial charge in [0.25, 0.3) is 5.56 Å². The molecule has 0 radical (unpaired) electrons. The molecule has 0 aliphatic rings. The number of fused-ring (bicyclic) bond motifs is 1. The lowest BCUT2D eigenvalue weighted by Gasteiger charge is -1.87. The quantitative estimate of drug-likeness (QED) is 0.772. The van der Waals surface area contributed by atoms with Gasteiger partial charge in [-0.25, -0.2) is 4.98 Å². The molecule has 0 spiro atoms. The van der Waals surface area contributed by atoms with Crippen LogP contribution in [0.1, 0.15) is 5.56 Å². The Labute approximate surface area is 80.6 Å². The number of halogens is 1. The van der Waals surface area contributed by atoms with Gasteiger partial charge in [0.2, 0.25) is 0 Å². The summed E-state index contributed by atoms with van der Waals surface area (Å²) in [5.74, 6) is 0. The zero-order chi connectivity index (χ0) is 8.72.